The number of rotatable bonds is 4. The number of aromatic nitrogens is 1. The highest BCUT2D eigenvalue weighted by molar-refractivity contribution is 7.89. The lowest BCUT2D eigenvalue weighted by Crippen LogP contribution is -2.50. The predicted octanol–water partition coefficient (Wildman–Crippen LogP) is 0.780. The standard InChI is InChI=1S/C19H29N5O5S/c1-19(2,3)29-18(26)23-8-6-22(7-9-23)15-4-5-16(21-11-15)24-12-14(10-17(24)25)13-30(20,27)28/h4-5,11,14H,6-10,12-13H2,1-3H3,(H2,20,27,28). The van der Waals surface area contributed by atoms with Gasteiger partial charge in [-0.25, -0.2) is 23.3 Å². The molecule has 0 aliphatic carbocycles. The van der Waals surface area contributed by atoms with Gasteiger partial charge in [0.1, 0.15) is 11.4 Å². The van der Waals surface area contributed by atoms with E-state index >= 15 is 0 Å². The zero-order chi connectivity index (χ0) is 22.1. The van der Waals surface area contributed by atoms with E-state index in [0.29, 0.717) is 32.0 Å². The van der Waals surface area contributed by atoms with E-state index in [2.05, 4.69) is 9.88 Å². The number of carbonyl (C=O) groups is 2. The van der Waals surface area contributed by atoms with Gasteiger partial charge in [-0.15, -0.1) is 0 Å². The fourth-order valence-corrected chi connectivity index (χ4v) is 4.52. The lowest BCUT2D eigenvalue weighted by Gasteiger charge is -2.36. The molecule has 1 unspecified atom stereocenters. The highest BCUT2D eigenvalue weighted by Crippen LogP contribution is 2.26. The Morgan fingerprint density at radius 2 is 1.90 bits per heavy atom. The Kier molecular flexibility index (Phi) is 6.23. The van der Waals surface area contributed by atoms with E-state index in [1.165, 1.54) is 4.90 Å². The number of anilines is 2. The van der Waals surface area contributed by atoms with Crippen LogP contribution in [0.15, 0.2) is 18.3 Å². The second-order valence-electron chi connectivity index (χ2n) is 8.73. The van der Waals surface area contributed by atoms with Crippen LogP contribution in [0.2, 0.25) is 0 Å². The van der Waals surface area contributed by atoms with Gasteiger partial charge in [-0.3, -0.25) is 9.69 Å². The maximum absolute atomic E-state index is 12.2. The van der Waals surface area contributed by atoms with Crippen molar-refractivity contribution in [1.29, 1.82) is 0 Å². The molecule has 1 aromatic heterocycles. The molecule has 0 saturated carbocycles. The lowest BCUT2D eigenvalue weighted by atomic mass is 10.1. The summed E-state index contributed by atoms with van der Waals surface area (Å²) in [5, 5.41) is 5.09. The van der Waals surface area contributed by atoms with E-state index in [4.69, 9.17) is 9.88 Å². The van der Waals surface area contributed by atoms with Crippen molar-refractivity contribution in [3.8, 4) is 0 Å². The Morgan fingerprint density at radius 1 is 1.23 bits per heavy atom. The maximum Gasteiger partial charge on any atom is 0.410 e. The van der Waals surface area contributed by atoms with Gasteiger partial charge in [-0.05, 0) is 32.9 Å². The van der Waals surface area contributed by atoms with Gasteiger partial charge in [0.15, 0.2) is 0 Å². The average Bonchev–Trinajstić information content (AvgIpc) is 2.99. The van der Waals surface area contributed by atoms with Crippen molar-refractivity contribution in [3.63, 3.8) is 0 Å². The van der Waals surface area contributed by atoms with Crippen molar-refractivity contribution in [1.82, 2.24) is 9.88 Å². The summed E-state index contributed by atoms with van der Waals surface area (Å²) in [5.41, 5.74) is 0.379. The molecule has 0 bridgehead atoms. The Morgan fingerprint density at radius 3 is 2.43 bits per heavy atom. The number of carbonyl (C=O) groups excluding carboxylic acids is 2. The Hall–Kier alpha value is -2.40. The summed E-state index contributed by atoms with van der Waals surface area (Å²) in [6, 6.07) is 3.64. The number of amides is 2. The van der Waals surface area contributed by atoms with Crippen molar-refractivity contribution in [2.75, 3.05) is 48.3 Å². The molecule has 2 N–H and O–H groups in total. The van der Waals surface area contributed by atoms with Gasteiger partial charge in [-0.2, -0.15) is 0 Å². The van der Waals surface area contributed by atoms with Crippen molar-refractivity contribution < 1.29 is 22.7 Å². The molecule has 10 nitrogen and oxygen atoms in total. The summed E-state index contributed by atoms with van der Waals surface area (Å²) in [5.74, 6) is -0.201. The molecule has 0 aromatic carbocycles. The van der Waals surface area contributed by atoms with Crippen molar-refractivity contribution >= 4 is 33.5 Å². The summed E-state index contributed by atoms with van der Waals surface area (Å²) in [4.78, 5) is 34.1. The molecule has 1 aromatic rings. The van der Waals surface area contributed by atoms with E-state index in [1.807, 2.05) is 26.8 Å². The zero-order valence-corrected chi connectivity index (χ0v) is 18.4. The molecule has 1 atom stereocenters. The van der Waals surface area contributed by atoms with E-state index in [1.54, 1.807) is 17.2 Å². The van der Waals surface area contributed by atoms with Crippen LogP contribution in [-0.2, 0) is 19.6 Å². The number of hydrogen-bond acceptors (Lipinski definition) is 7. The van der Waals surface area contributed by atoms with Crippen LogP contribution in [0.3, 0.4) is 0 Å². The van der Waals surface area contributed by atoms with E-state index in [9.17, 15) is 18.0 Å². The van der Waals surface area contributed by atoms with Gasteiger partial charge in [0.25, 0.3) is 0 Å². The van der Waals surface area contributed by atoms with Crippen LogP contribution in [-0.4, -0.2) is 74.4 Å². The monoisotopic (exact) mass is 439 g/mol. The zero-order valence-electron chi connectivity index (χ0n) is 17.6. The summed E-state index contributed by atoms with van der Waals surface area (Å²) in [7, 11) is -3.62. The molecular formula is C19H29N5O5S. The second kappa shape index (κ2) is 8.38. The third kappa shape index (κ3) is 5.82. The quantitative estimate of drug-likeness (QED) is 0.734. The first-order valence-electron chi connectivity index (χ1n) is 9.91. The van der Waals surface area contributed by atoms with Gasteiger partial charge in [0.2, 0.25) is 15.9 Å². The summed E-state index contributed by atoms with van der Waals surface area (Å²) < 4.78 is 28.0. The van der Waals surface area contributed by atoms with Crippen LogP contribution >= 0.6 is 0 Å². The molecule has 3 rings (SSSR count). The SMILES string of the molecule is CC(C)(C)OC(=O)N1CCN(c2ccc(N3CC(CS(N)(=O)=O)CC3=O)nc2)CC1. The van der Waals surface area contributed by atoms with Crippen molar-refractivity contribution in [3.05, 3.63) is 18.3 Å². The lowest BCUT2D eigenvalue weighted by molar-refractivity contribution is -0.117. The van der Waals surface area contributed by atoms with Gasteiger partial charge in [0, 0.05) is 45.1 Å². The topological polar surface area (TPSA) is 126 Å². The highest BCUT2D eigenvalue weighted by Gasteiger charge is 2.33. The van der Waals surface area contributed by atoms with Crippen molar-refractivity contribution in [2.45, 2.75) is 32.8 Å². The third-order valence-electron chi connectivity index (χ3n) is 4.98. The van der Waals surface area contributed by atoms with Crippen LogP contribution in [0, 0.1) is 5.92 Å². The molecule has 2 aliphatic heterocycles. The summed E-state index contributed by atoms with van der Waals surface area (Å²) >= 11 is 0. The van der Waals surface area contributed by atoms with E-state index < -0.39 is 15.6 Å². The van der Waals surface area contributed by atoms with Crippen molar-refractivity contribution in [2.24, 2.45) is 11.1 Å². The van der Waals surface area contributed by atoms with Gasteiger partial charge >= 0.3 is 6.09 Å². The number of hydrogen-bond donors (Lipinski definition) is 1. The molecule has 0 spiro atoms. The first-order chi connectivity index (χ1) is 13.9. The minimum Gasteiger partial charge on any atom is -0.444 e. The third-order valence-corrected chi connectivity index (χ3v) is 5.91. The largest absolute Gasteiger partial charge is 0.444 e. The van der Waals surface area contributed by atoms with Gasteiger partial charge in [-0.1, -0.05) is 0 Å². The number of primary sulfonamides is 1. The van der Waals surface area contributed by atoms with Crippen LogP contribution < -0.4 is 14.9 Å². The molecule has 2 fully saturated rings. The molecule has 2 aliphatic rings. The number of nitrogens with zero attached hydrogens (tertiary/aromatic N) is 4. The summed E-state index contributed by atoms with van der Waals surface area (Å²) in [6.07, 6.45) is 1.53. The number of ether oxygens (including phenoxy) is 1. The molecule has 166 valence electrons. The fraction of sp³-hybridized carbons (Fsp3) is 0.632. The number of sulfonamides is 1. The molecule has 2 amide bonds. The first kappa shape index (κ1) is 22.3. The van der Waals surface area contributed by atoms with Crippen LogP contribution in [0.4, 0.5) is 16.3 Å². The predicted molar refractivity (Wildman–Crippen MR) is 113 cm³/mol. The van der Waals surface area contributed by atoms with Crippen LogP contribution in [0.5, 0.6) is 0 Å². The van der Waals surface area contributed by atoms with Gasteiger partial charge < -0.3 is 14.5 Å². The molecule has 30 heavy (non-hydrogen) atoms. The number of piperazine rings is 1. The summed E-state index contributed by atoms with van der Waals surface area (Å²) in [6.45, 7) is 8.23. The molecule has 3 heterocycles. The normalized spacial score (nSPS) is 20.6. The van der Waals surface area contributed by atoms with Crippen LogP contribution in [0.25, 0.3) is 0 Å². The Balaban J connectivity index is 1.57. The van der Waals surface area contributed by atoms with E-state index in [-0.39, 0.29) is 36.6 Å². The van der Waals surface area contributed by atoms with Crippen LogP contribution in [0.1, 0.15) is 27.2 Å². The molecule has 2 saturated heterocycles. The molecule has 0 radical (unpaired) electrons. The van der Waals surface area contributed by atoms with E-state index in [0.717, 1.165) is 5.69 Å². The Labute approximate surface area is 177 Å². The smallest absolute Gasteiger partial charge is 0.410 e. The molecular weight excluding hydrogens is 410 g/mol. The number of nitrogens with two attached hydrogens (primary N) is 1. The average molecular weight is 440 g/mol. The second-order valence-corrected chi connectivity index (χ2v) is 10.4. The number of pyridine rings is 1. The minimum atomic E-state index is -3.62. The maximum atomic E-state index is 12.2. The fourth-order valence-electron chi connectivity index (χ4n) is 3.64. The Bertz CT molecular complexity index is 889. The molecule has 11 heteroatoms. The van der Waals surface area contributed by atoms with Gasteiger partial charge in [0.05, 0.1) is 17.6 Å². The highest BCUT2D eigenvalue weighted by atomic mass is 32.2. The minimum absolute atomic E-state index is 0.145. The first-order valence-corrected chi connectivity index (χ1v) is 11.6.